The van der Waals surface area contributed by atoms with E-state index >= 15 is 0 Å². The quantitative estimate of drug-likeness (QED) is 0.824. The van der Waals surface area contributed by atoms with E-state index in [2.05, 4.69) is 22.0 Å². The monoisotopic (exact) mass is 339 g/mol. The van der Waals surface area contributed by atoms with Gasteiger partial charge in [0.1, 0.15) is 5.82 Å². The molecule has 1 unspecified atom stereocenters. The van der Waals surface area contributed by atoms with Crippen molar-refractivity contribution in [3.63, 3.8) is 0 Å². The molecule has 4 heteroatoms. The van der Waals surface area contributed by atoms with Gasteiger partial charge in [-0.3, -0.25) is 0 Å². The van der Waals surface area contributed by atoms with Gasteiger partial charge in [-0.25, -0.2) is 4.39 Å². The summed E-state index contributed by atoms with van der Waals surface area (Å²) >= 11 is 5.25. The van der Waals surface area contributed by atoms with Crippen LogP contribution >= 0.6 is 27.7 Å². The van der Waals surface area contributed by atoms with Crippen LogP contribution in [-0.4, -0.2) is 11.8 Å². The zero-order valence-electron chi connectivity index (χ0n) is 10.4. The summed E-state index contributed by atoms with van der Waals surface area (Å²) in [6, 6.07) is 14.7. The normalized spacial score (nSPS) is 12.4. The number of thioether (sulfide) groups is 1. The van der Waals surface area contributed by atoms with Crippen LogP contribution in [0.4, 0.5) is 4.39 Å². The zero-order chi connectivity index (χ0) is 13.7. The van der Waals surface area contributed by atoms with Gasteiger partial charge >= 0.3 is 0 Å². The lowest BCUT2D eigenvalue weighted by Gasteiger charge is -2.12. The summed E-state index contributed by atoms with van der Waals surface area (Å²) in [5.74, 6) is 0.625. The van der Waals surface area contributed by atoms with Crippen LogP contribution in [0.15, 0.2) is 57.9 Å². The Kier molecular flexibility index (Phi) is 5.43. The molecule has 0 saturated heterocycles. The molecule has 2 aromatic carbocycles. The topological polar surface area (TPSA) is 26.0 Å². The predicted octanol–water partition coefficient (Wildman–Crippen LogP) is 4.25. The molecule has 0 amide bonds. The van der Waals surface area contributed by atoms with E-state index in [1.807, 2.05) is 18.2 Å². The summed E-state index contributed by atoms with van der Waals surface area (Å²) in [5, 5.41) is 0. The maximum Gasteiger partial charge on any atom is 0.123 e. The lowest BCUT2D eigenvalue weighted by atomic mass is 10.1. The molecule has 2 aromatic rings. The summed E-state index contributed by atoms with van der Waals surface area (Å²) in [6.45, 7) is 0. The van der Waals surface area contributed by atoms with E-state index in [0.717, 1.165) is 22.2 Å². The van der Waals surface area contributed by atoms with Crippen LogP contribution < -0.4 is 5.73 Å². The van der Waals surface area contributed by atoms with Crippen LogP contribution in [-0.2, 0) is 6.42 Å². The van der Waals surface area contributed by atoms with Crippen molar-refractivity contribution in [2.24, 2.45) is 5.73 Å². The maximum atomic E-state index is 12.8. The molecule has 0 aromatic heterocycles. The summed E-state index contributed by atoms with van der Waals surface area (Å²) in [5.41, 5.74) is 7.18. The van der Waals surface area contributed by atoms with Crippen LogP contribution in [0.25, 0.3) is 0 Å². The lowest BCUT2D eigenvalue weighted by molar-refractivity contribution is 0.626. The van der Waals surface area contributed by atoms with E-state index in [0.29, 0.717) is 0 Å². The highest BCUT2D eigenvalue weighted by Crippen LogP contribution is 2.27. The molecule has 0 aliphatic heterocycles. The molecular weight excluding hydrogens is 325 g/mol. The molecule has 0 saturated carbocycles. The van der Waals surface area contributed by atoms with Crippen molar-refractivity contribution in [1.82, 2.24) is 0 Å². The minimum atomic E-state index is -0.208. The summed E-state index contributed by atoms with van der Waals surface area (Å²) in [7, 11) is 0. The number of rotatable bonds is 5. The third-order valence-corrected chi connectivity index (χ3v) is 4.92. The van der Waals surface area contributed by atoms with Crippen molar-refractivity contribution in [2.75, 3.05) is 5.75 Å². The van der Waals surface area contributed by atoms with Gasteiger partial charge in [-0.2, -0.15) is 0 Å². The largest absolute Gasteiger partial charge is 0.327 e. The van der Waals surface area contributed by atoms with Gasteiger partial charge in [-0.05, 0) is 52.2 Å². The number of hydrogen-bond donors (Lipinski definition) is 1. The van der Waals surface area contributed by atoms with Crippen LogP contribution in [0.1, 0.15) is 5.56 Å². The highest BCUT2D eigenvalue weighted by atomic mass is 79.9. The first kappa shape index (κ1) is 14.6. The van der Waals surface area contributed by atoms with Gasteiger partial charge in [-0.1, -0.05) is 24.3 Å². The summed E-state index contributed by atoms with van der Waals surface area (Å²) in [6.07, 6.45) is 0.762. The molecule has 2 rings (SSSR count). The Morgan fingerprint density at radius 3 is 2.47 bits per heavy atom. The SMILES string of the molecule is NC(CSc1ccccc1Br)Cc1ccc(F)cc1. The number of hydrogen-bond acceptors (Lipinski definition) is 2. The van der Waals surface area contributed by atoms with Gasteiger partial charge in [0, 0.05) is 21.2 Å². The minimum absolute atomic E-state index is 0.0579. The van der Waals surface area contributed by atoms with Crippen molar-refractivity contribution < 1.29 is 4.39 Å². The Balaban J connectivity index is 1.86. The third-order valence-electron chi connectivity index (χ3n) is 2.70. The van der Waals surface area contributed by atoms with Gasteiger partial charge in [-0.15, -0.1) is 11.8 Å². The van der Waals surface area contributed by atoms with Crippen molar-refractivity contribution in [3.8, 4) is 0 Å². The molecule has 19 heavy (non-hydrogen) atoms. The average Bonchev–Trinajstić information content (AvgIpc) is 2.40. The Morgan fingerprint density at radius 2 is 1.79 bits per heavy atom. The van der Waals surface area contributed by atoms with Crippen molar-refractivity contribution >= 4 is 27.7 Å². The van der Waals surface area contributed by atoms with Gasteiger partial charge in [0.05, 0.1) is 0 Å². The molecule has 2 N–H and O–H groups in total. The fourth-order valence-electron chi connectivity index (χ4n) is 1.74. The highest BCUT2D eigenvalue weighted by Gasteiger charge is 2.07. The van der Waals surface area contributed by atoms with Crippen molar-refractivity contribution in [3.05, 3.63) is 64.4 Å². The molecule has 0 fully saturated rings. The van der Waals surface area contributed by atoms with Gasteiger partial charge in [0.2, 0.25) is 0 Å². The fraction of sp³-hybridized carbons (Fsp3) is 0.200. The molecule has 1 atom stereocenters. The predicted molar refractivity (Wildman–Crippen MR) is 82.9 cm³/mol. The van der Waals surface area contributed by atoms with E-state index in [1.165, 1.54) is 17.0 Å². The van der Waals surface area contributed by atoms with Crippen LogP contribution in [0.3, 0.4) is 0 Å². The van der Waals surface area contributed by atoms with Crippen LogP contribution in [0, 0.1) is 5.82 Å². The first-order valence-electron chi connectivity index (χ1n) is 6.02. The molecule has 0 aliphatic carbocycles. The van der Waals surface area contributed by atoms with E-state index in [9.17, 15) is 4.39 Å². The molecule has 0 bridgehead atoms. The molecule has 100 valence electrons. The number of halogens is 2. The standard InChI is InChI=1S/C15H15BrFNS/c16-14-3-1-2-4-15(14)19-10-13(18)9-11-5-7-12(17)8-6-11/h1-8,13H,9-10,18H2. The highest BCUT2D eigenvalue weighted by molar-refractivity contribution is 9.10. The molecule has 0 heterocycles. The lowest BCUT2D eigenvalue weighted by Crippen LogP contribution is -2.25. The Morgan fingerprint density at radius 1 is 1.11 bits per heavy atom. The van der Waals surface area contributed by atoms with Crippen LogP contribution in [0.5, 0.6) is 0 Å². The third kappa shape index (κ3) is 4.64. The van der Waals surface area contributed by atoms with Crippen molar-refractivity contribution in [2.45, 2.75) is 17.4 Å². The second-order valence-corrected chi connectivity index (χ2v) is 6.25. The Hall–Kier alpha value is -0.840. The molecule has 0 aliphatic rings. The van der Waals surface area contributed by atoms with E-state index in [4.69, 9.17) is 5.73 Å². The average molecular weight is 340 g/mol. The Bertz CT molecular complexity index is 530. The number of nitrogens with two attached hydrogens (primary N) is 1. The van der Waals surface area contributed by atoms with E-state index in [-0.39, 0.29) is 11.9 Å². The first-order chi connectivity index (χ1) is 9.15. The van der Waals surface area contributed by atoms with Gasteiger partial charge in [0.15, 0.2) is 0 Å². The number of benzene rings is 2. The fourth-order valence-corrected chi connectivity index (χ4v) is 3.26. The first-order valence-corrected chi connectivity index (χ1v) is 7.80. The van der Waals surface area contributed by atoms with Gasteiger partial charge < -0.3 is 5.73 Å². The maximum absolute atomic E-state index is 12.8. The van der Waals surface area contributed by atoms with Gasteiger partial charge in [0.25, 0.3) is 0 Å². The van der Waals surface area contributed by atoms with E-state index in [1.54, 1.807) is 23.9 Å². The molecule has 0 spiro atoms. The summed E-state index contributed by atoms with van der Waals surface area (Å²) < 4.78 is 13.9. The second-order valence-electron chi connectivity index (χ2n) is 4.33. The zero-order valence-corrected chi connectivity index (χ0v) is 12.8. The summed E-state index contributed by atoms with van der Waals surface area (Å²) in [4.78, 5) is 1.19. The van der Waals surface area contributed by atoms with Crippen LogP contribution in [0.2, 0.25) is 0 Å². The molecule has 0 radical (unpaired) electrons. The smallest absolute Gasteiger partial charge is 0.123 e. The van der Waals surface area contributed by atoms with Crippen molar-refractivity contribution in [1.29, 1.82) is 0 Å². The minimum Gasteiger partial charge on any atom is -0.327 e. The molecular formula is C15H15BrFNS. The second kappa shape index (κ2) is 7.08. The Labute approximate surface area is 125 Å². The molecule has 1 nitrogen and oxygen atoms in total. The van der Waals surface area contributed by atoms with E-state index < -0.39 is 0 Å².